The lowest BCUT2D eigenvalue weighted by Gasteiger charge is -2.02. The molecular weight excluding hydrogens is 312 g/mol. The second-order valence-electron chi connectivity index (χ2n) is 3.61. The highest BCUT2D eigenvalue weighted by atomic mass is 35.5. The van der Waals surface area contributed by atoms with Crippen LogP contribution in [0.5, 0.6) is 0 Å². The van der Waals surface area contributed by atoms with Crippen LogP contribution in [-0.2, 0) is 16.3 Å². The molecule has 7 heteroatoms. The molecule has 0 spiro atoms. The van der Waals surface area contributed by atoms with E-state index in [1.807, 2.05) is 30.3 Å². The second kappa shape index (κ2) is 5.52. The van der Waals surface area contributed by atoms with Crippen LogP contribution in [0, 0.1) is 0 Å². The summed E-state index contributed by atoms with van der Waals surface area (Å²) in [5.74, 6) is -0.0383. The molecule has 18 heavy (non-hydrogen) atoms. The molecule has 0 amide bonds. The molecule has 0 atom stereocenters. The third-order valence-electron chi connectivity index (χ3n) is 2.34. The molecule has 0 aliphatic carbocycles. The van der Waals surface area contributed by atoms with E-state index >= 15 is 0 Å². The molecule has 1 aromatic carbocycles. The summed E-state index contributed by atoms with van der Waals surface area (Å²) >= 11 is 5.70. The molecule has 1 aromatic heterocycles. The first kappa shape index (κ1) is 13.7. The van der Waals surface area contributed by atoms with E-state index in [-0.39, 0.29) is 19.7 Å². The number of rotatable bonds is 4. The van der Waals surface area contributed by atoms with Crippen molar-refractivity contribution in [3.05, 3.63) is 50.5 Å². The molecule has 0 radical (unpaired) electrons. The minimum Gasteiger partial charge on any atom is -0.275 e. The molecule has 0 aliphatic rings. The van der Waals surface area contributed by atoms with Gasteiger partial charge >= 0.3 is 0 Å². The van der Waals surface area contributed by atoms with Crippen molar-refractivity contribution < 1.29 is 8.42 Å². The van der Waals surface area contributed by atoms with Crippen LogP contribution in [0.25, 0.3) is 0 Å². The minimum atomic E-state index is -3.47. The molecule has 0 saturated carbocycles. The first-order valence-electron chi connectivity index (χ1n) is 5.06. The fraction of sp³-hybridized carbons (Fsp3) is 0.182. The molecule has 2 aromatic rings. The SMILES string of the molecule is O=c1ssc(S(=O)(=O)CCc2ccccc2)c1Cl. The predicted octanol–water partition coefficient (Wildman–Crippen LogP) is 2.84. The number of aryl methyl sites for hydroxylation is 1. The van der Waals surface area contributed by atoms with Crippen LogP contribution in [0.1, 0.15) is 5.56 Å². The molecule has 1 heterocycles. The summed E-state index contributed by atoms with van der Waals surface area (Å²) < 4.78 is 23.7. The van der Waals surface area contributed by atoms with Gasteiger partial charge in [0.15, 0.2) is 14.0 Å². The van der Waals surface area contributed by atoms with Crippen LogP contribution in [0.3, 0.4) is 0 Å². The van der Waals surface area contributed by atoms with Gasteiger partial charge in [0.1, 0.15) is 5.02 Å². The number of hydrogen-bond acceptors (Lipinski definition) is 5. The molecule has 3 nitrogen and oxygen atoms in total. The van der Waals surface area contributed by atoms with Gasteiger partial charge in [-0.3, -0.25) is 4.79 Å². The van der Waals surface area contributed by atoms with Gasteiger partial charge in [-0.1, -0.05) is 52.3 Å². The Morgan fingerprint density at radius 1 is 1.11 bits per heavy atom. The Morgan fingerprint density at radius 3 is 2.33 bits per heavy atom. The molecule has 0 N–H and O–H groups in total. The van der Waals surface area contributed by atoms with E-state index in [0.717, 1.165) is 26.2 Å². The Balaban J connectivity index is 2.19. The summed E-state index contributed by atoms with van der Waals surface area (Å²) in [6, 6.07) is 9.33. The monoisotopic (exact) mass is 320 g/mol. The van der Waals surface area contributed by atoms with E-state index in [0.29, 0.717) is 6.42 Å². The Hall–Kier alpha value is -0.690. The molecule has 0 fully saturated rings. The maximum absolute atomic E-state index is 12.0. The van der Waals surface area contributed by atoms with Gasteiger partial charge in [-0.2, -0.15) is 0 Å². The van der Waals surface area contributed by atoms with E-state index in [9.17, 15) is 13.2 Å². The standard InChI is InChI=1S/C11H9ClO3S3/c12-9-10(13)16-17-11(9)18(14,15)7-6-8-4-2-1-3-5-8/h1-5H,6-7H2. The van der Waals surface area contributed by atoms with Crippen molar-refractivity contribution in [2.24, 2.45) is 0 Å². The van der Waals surface area contributed by atoms with E-state index in [1.165, 1.54) is 0 Å². The molecule has 96 valence electrons. The molecule has 0 unspecified atom stereocenters. The van der Waals surface area contributed by atoms with Crippen molar-refractivity contribution in [2.45, 2.75) is 10.6 Å². The van der Waals surface area contributed by atoms with Gasteiger partial charge in [-0.15, -0.1) is 0 Å². The third kappa shape index (κ3) is 3.00. The van der Waals surface area contributed by atoms with Crippen molar-refractivity contribution in [1.29, 1.82) is 0 Å². The summed E-state index contributed by atoms with van der Waals surface area (Å²) in [7, 11) is -1.69. The van der Waals surface area contributed by atoms with Crippen LogP contribution >= 0.6 is 32.3 Å². The third-order valence-corrected chi connectivity index (χ3v) is 7.87. The number of halogens is 1. The number of hydrogen-bond donors (Lipinski definition) is 0. The smallest absolute Gasteiger partial charge is 0.262 e. The lowest BCUT2D eigenvalue weighted by Crippen LogP contribution is -2.09. The lowest BCUT2D eigenvalue weighted by molar-refractivity contribution is 0.597. The van der Waals surface area contributed by atoms with E-state index < -0.39 is 9.84 Å². The second-order valence-corrected chi connectivity index (χ2v) is 8.40. The van der Waals surface area contributed by atoms with Gasteiger partial charge in [-0.25, -0.2) is 8.42 Å². The van der Waals surface area contributed by atoms with Gasteiger partial charge in [0.25, 0.3) is 4.74 Å². The zero-order chi connectivity index (χ0) is 13.2. The van der Waals surface area contributed by atoms with Gasteiger partial charge < -0.3 is 0 Å². The first-order valence-corrected chi connectivity index (χ1v) is 9.24. The Labute approximate surface area is 117 Å². The Morgan fingerprint density at radius 2 is 1.78 bits per heavy atom. The maximum atomic E-state index is 12.0. The molecule has 0 saturated heterocycles. The van der Waals surface area contributed by atoms with Crippen molar-refractivity contribution in [3.63, 3.8) is 0 Å². The Kier molecular flexibility index (Phi) is 4.21. The van der Waals surface area contributed by atoms with Gasteiger partial charge in [0, 0.05) is 0 Å². The van der Waals surface area contributed by atoms with Crippen molar-refractivity contribution in [3.8, 4) is 0 Å². The summed E-state index contributed by atoms with van der Waals surface area (Å²) in [5.41, 5.74) is 0.944. The summed E-state index contributed by atoms with van der Waals surface area (Å²) in [4.78, 5) is 11.2. The zero-order valence-electron chi connectivity index (χ0n) is 9.13. The lowest BCUT2D eigenvalue weighted by atomic mass is 10.2. The normalized spacial score (nSPS) is 11.6. The maximum Gasteiger partial charge on any atom is 0.262 e. The van der Waals surface area contributed by atoms with Crippen LogP contribution in [0.4, 0.5) is 0 Å². The van der Waals surface area contributed by atoms with Gasteiger partial charge in [0.2, 0.25) is 0 Å². The predicted molar refractivity (Wildman–Crippen MR) is 75.7 cm³/mol. The van der Waals surface area contributed by atoms with E-state index in [2.05, 4.69) is 0 Å². The molecule has 0 bridgehead atoms. The molecular formula is C11H9ClO3S3. The number of sulfone groups is 1. The highest BCUT2D eigenvalue weighted by molar-refractivity contribution is 7.95. The van der Waals surface area contributed by atoms with Crippen LogP contribution in [0.2, 0.25) is 5.02 Å². The van der Waals surface area contributed by atoms with Crippen LogP contribution < -0.4 is 4.74 Å². The first-order chi connectivity index (χ1) is 8.50. The van der Waals surface area contributed by atoms with Gasteiger partial charge in [-0.05, 0) is 22.3 Å². The van der Waals surface area contributed by atoms with Crippen molar-refractivity contribution in [1.82, 2.24) is 0 Å². The summed E-state index contributed by atoms with van der Waals surface area (Å²) in [6.45, 7) is 0. The quantitative estimate of drug-likeness (QED) is 0.814. The van der Waals surface area contributed by atoms with Gasteiger partial charge in [0.05, 0.1) is 5.75 Å². The fourth-order valence-corrected chi connectivity index (χ4v) is 6.80. The van der Waals surface area contributed by atoms with E-state index in [1.54, 1.807) is 0 Å². The van der Waals surface area contributed by atoms with Crippen molar-refractivity contribution in [2.75, 3.05) is 5.75 Å². The molecule has 0 aliphatic heterocycles. The average molecular weight is 321 g/mol. The highest BCUT2D eigenvalue weighted by Crippen LogP contribution is 2.27. The highest BCUT2D eigenvalue weighted by Gasteiger charge is 2.22. The average Bonchev–Trinajstić information content (AvgIpc) is 2.70. The minimum absolute atomic E-state index is 0.00454. The largest absolute Gasteiger partial charge is 0.275 e. The molecule has 2 rings (SSSR count). The topological polar surface area (TPSA) is 51.2 Å². The Bertz CT molecular complexity index is 686. The van der Waals surface area contributed by atoms with Crippen molar-refractivity contribution >= 4 is 42.1 Å². The van der Waals surface area contributed by atoms with E-state index in [4.69, 9.17) is 11.6 Å². The van der Waals surface area contributed by atoms with Crippen LogP contribution in [-0.4, -0.2) is 14.2 Å². The fourth-order valence-electron chi connectivity index (χ4n) is 1.41. The summed E-state index contributed by atoms with van der Waals surface area (Å²) in [6.07, 6.45) is 0.413. The number of benzene rings is 1. The van der Waals surface area contributed by atoms with Crippen LogP contribution in [0.15, 0.2) is 39.3 Å². The zero-order valence-corrected chi connectivity index (χ0v) is 12.3. The summed E-state index contributed by atoms with van der Waals surface area (Å²) in [5, 5.41) is -0.168.